The molecule has 1 aromatic heterocycles. The van der Waals surface area contributed by atoms with Crippen molar-refractivity contribution in [3.63, 3.8) is 0 Å². The van der Waals surface area contributed by atoms with E-state index in [2.05, 4.69) is 10.3 Å². The van der Waals surface area contributed by atoms with E-state index < -0.39 is 4.92 Å². The van der Waals surface area contributed by atoms with Crippen LogP contribution in [0.25, 0.3) is 0 Å². The van der Waals surface area contributed by atoms with Crippen molar-refractivity contribution < 1.29 is 9.66 Å². The van der Waals surface area contributed by atoms with Crippen molar-refractivity contribution in [1.29, 1.82) is 0 Å². The molecule has 0 amide bonds. The number of nitro groups is 1. The SMILES string of the molecule is CCc1ccccc1Oc1nc(NC)ccc1[N+](=O)[O-]. The highest BCUT2D eigenvalue weighted by Gasteiger charge is 2.19. The van der Waals surface area contributed by atoms with Crippen LogP contribution in [-0.2, 0) is 6.42 Å². The van der Waals surface area contributed by atoms with Crippen LogP contribution in [0.5, 0.6) is 11.6 Å². The topological polar surface area (TPSA) is 77.3 Å². The number of ether oxygens (including phenoxy) is 1. The van der Waals surface area contributed by atoms with E-state index in [1.807, 2.05) is 25.1 Å². The number of rotatable bonds is 5. The lowest BCUT2D eigenvalue weighted by atomic mass is 10.1. The van der Waals surface area contributed by atoms with Gasteiger partial charge in [0.05, 0.1) is 4.92 Å². The first kappa shape index (κ1) is 13.8. The summed E-state index contributed by atoms with van der Waals surface area (Å²) in [5.74, 6) is 1.08. The van der Waals surface area contributed by atoms with Gasteiger partial charge in [0, 0.05) is 13.1 Å². The van der Waals surface area contributed by atoms with Gasteiger partial charge < -0.3 is 10.1 Å². The number of para-hydroxylation sites is 1. The second kappa shape index (κ2) is 6.01. The molecule has 0 saturated carbocycles. The molecular formula is C14H15N3O3. The number of pyridine rings is 1. The van der Waals surface area contributed by atoms with Crippen LogP contribution < -0.4 is 10.1 Å². The Labute approximate surface area is 116 Å². The molecule has 1 N–H and O–H groups in total. The Kier molecular flexibility index (Phi) is 4.14. The van der Waals surface area contributed by atoms with E-state index in [1.165, 1.54) is 12.1 Å². The van der Waals surface area contributed by atoms with Gasteiger partial charge in [-0.1, -0.05) is 25.1 Å². The van der Waals surface area contributed by atoms with Gasteiger partial charge >= 0.3 is 11.6 Å². The summed E-state index contributed by atoms with van der Waals surface area (Å²) in [6, 6.07) is 10.3. The van der Waals surface area contributed by atoms with E-state index in [4.69, 9.17) is 4.74 Å². The molecule has 0 unspecified atom stereocenters. The normalized spacial score (nSPS) is 10.1. The van der Waals surface area contributed by atoms with Crippen LogP contribution in [0.3, 0.4) is 0 Å². The number of anilines is 1. The lowest BCUT2D eigenvalue weighted by Crippen LogP contribution is -2.00. The molecule has 0 fully saturated rings. The highest BCUT2D eigenvalue weighted by Crippen LogP contribution is 2.32. The van der Waals surface area contributed by atoms with Gasteiger partial charge in [0.1, 0.15) is 11.6 Å². The number of aryl methyl sites for hydroxylation is 1. The number of nitrogens with one attached hydrogen (secondary N) is 1. The van der Waals surface area contributed by atoms with E-state index in [0.29, 0.717) is 11.6 Å². The summed E-state index contributed by atoms with van der Waals surface area (Å²) in [4.78, 5) is 14.6. The standard InChI is InChI=1S/C14H15N3O3/c1-3-10-6-4-5-7-12(10)20-14-11(17(18)19)8-9-13(15-2)16-14/h4-9H,3H2,1-2H3,(H,15,16). The molecule has 0 bridgehead atoms. The minimum atomic E-state index is -0.504. The van der Waals surface area contributed by atoms with Crippen LogP contribution in [0.1, 0.15) is 12.5 Å². The number of hydrogen-bond donors (Lipinski definition) is 1. The predicted molar refractivity (Wildman–Crippen MR) is 76.3 cm³/mol. The van der Waals surface area contributed by atoms with Gasteiger partial charge in [0.25, 0.3) is 0 Å². The Balaban J connectivity index is 2.43. The summed E-state index contributed by atoms with van der Waals surface area (Å²) >= 11 is 0. The molecule has 0 saturated heterocycles. The number of hydrogen-bond acceptors (Lipinski definition) is 5. The zero-order valence-electron chi connectivity index (χ0n) is 11.3. The van der Waals surface area contributed by atoms with Crippen LogP contribution in [-0.4, -0.2) is 17.0 Å². The lowest BCUT2D eigenvalue weighted by Gasteiger charge is -2.10. The molecule has 0 aliphatic heterocycles. The molecule has 0 aliphatic rings. The molecule has 0 spiro atoms. The fourth-order valence-corrected chi connectivity index (χ4v) is 1.79. The Morgan fingerprint density at radius 3 is 2.70 bits per heavy atom. The highest BCUT2D eigenvalue weighted by atomic mass is 16.6. The maximum Gasteiger partial charge on any atom is 0.331 e. The van der Waals surface area contributed by atoms with Crippen molar-refractivity contribution in [2.75, 3.05) is 12.4 Å². The van der Waals surface area contributed by atoms with Crippen LogP contribution >= 0.6 is 0 Å². The zero-order chi connectivity index (χ0) is 14.5. The molecule has 20 heavy (non-hydrogen) atoms. The third-order valence-electron chi connectivity index (χ3n) is 2.85. The fraction of sp³-hybridized carbons (Fsp3) is 0.214. The quantitative estimate of drug-likeness (QED) is 0.667. The maximum atomic E-state index is 11.0. The highest BCUT2D eigenvalue weighted by molar-refractivity contribution is 5.51. The molecule has 0 atom stereocenters. The first-order valence-corrected chi connectivity index (χ1v) is 6.24. The van der Waals surface area contributed by atoms with Crippen LogP contribution in [0.2, 0.25) is 0 Å². The van der Waals surface area contributed by atoms with Crippen LogP contribution in [0.15, 0.2) is 36.4 Å². The molecule has 2 aromatic rings. The molecule has 2 rings (SSSR count). The molecule has 104 valence electrons. The van der Waals surface area contributed by atoms with Crippen molar-refractivity contribution in [3.8, 4) is 11.6 Å². The third kappa shape index (κ3) is 2.85. The van der Waals surface area contributed by atoms with E-state index >= 15 is 0 Å². The lowest BCUT2D eigenvalue weighted by molar-refractivity contribution is -0.386. The Morgan fingerprint density at radius 1 is 1.30 bits per heavy atom. The van der Waals surface area contributed by atoms with Crippen LogP contribution in [0, 0.1) is 10.1 Å². The zero-order valence-corrected chi connectivity index (χ0v) is 11.3. The molecule has 0 aliphatic carbocycles. The molecular weight excluding hydrogens is 258 g/mol. The summed E-state index contributed by atoms with van der Waals surface area (Å²) in [7, 11) is 1.69. The van der Waals surface area contributed by atoms with E-state index in [0.717, 1.165) is 12.0 Å². The van der Waals surface area contributed by atoms with Gasteiger partial charge in [0.15, 0.2) is 0 Å². The Morgan fingerprint density at radius 2 is 2.05 bits per heavy atom. The fourth-order valence-electron chi connectivity index (χ4n) is 1.79. The Hall–Kier alpha value is -2.63. The second-order valence-electron chi connectivity index (χ2n) is 4.09. The first-order valence-electron chi connectivity index (χ1n) is 6.24. The van der Waals surface area contributed by atoms with Gasteiger partial charge in [-0.3, -0.25) is 10.1 Å². The smallest absolute Gasteiger partial charge is 0.331 e. The van der Waals surface area contributed by atoms with Gasteiger partial charge in [-0.05, 0) is 24.1 Å². The predicted octanol–water partition coefficient (Wildman–Crippen LogP) is 3.39. The van der Waals surface area contributed by atoms with E-state index in [9.17, 15) is 10.1 Å². The van der Waals surface area contributed by atoms with Gasteiger partial charge in [-0.15, -0.1) is 0 Å². The average Bonchev–Trinajstić information content (AvgIpc) is 2.47. The summed E-state index contributed by atoms with van der Waals surface area (Å²) in [5.41, 5.74) is 0.813. The van der Waals surface area contributed by atoms with Crippen molar-refractivity contribution in [2.24, 2.45) is 0 Å². The summed E-state index contributed by atoms with van der Waals surface area (Å²) in [5, 5.41) is 13.9. The number of benzene rings is 1. The maximum absolute atomic E-state index is 11.0. The van der Waals surface area contributed by atoms with Gasteiger partial charge in [-0.2, -0.15) is 4.98 Å². The largest absolute Gasteiger partial charge is 0.433 e. The monoisotopic (exact) mass is 273 g/mol. The summed E-state index contributed by atoms with van der Waals surface area (Å²) in [6.45, 7) is 1.99. The number of aromatic nitrogens is 1. The van der Waals surface area contributed by atoms with E-state index in [-0.39, 0.29) is 11.6 Å². The second-order valence-corrected chi connectivity index (χ2v) is 4.09. The minimum absolute atomic E-state index is 0.0113. The third-order valence-corrected chi connectivity index (χ3v) is 2.85. The van der Waals surface area contributed by atoms with E-state index in [1.54, 1.807) is 13.1 Å². The molecule has 1 aromatic carbocycles. The first-order chi connectivity index (χ1) is 9.65. The van der Waals surface area contributed by atoms with Crippen LogP contribution in [0.4, 0.5) is 11.5 Å². The number of nitrogens with zero attached hydrogens (tertiary/aromatic N) is 2. The summed E-state index contributed by atoms with van der Waals surface area (Å²) < 4.78 is 5.64. The summed E-state index contributed by atoms with van der Waals surface area (Å²) in [6.07, 6.45) is 0.774. The molecule has 1 heterocycles. The van der Waals surface area contributed by atoms with Crippen molar-refractivity contribution in [1.82, 2.24) is 4.98 Å². The van der Waals surface area contributed by atoms with Gasteiger partial charge in [-0.25, -0.2) is 0 Å². The molecule has 6 heteroatoms. The van der Waals surface area contributed by atoms with Crippen molar-refractivity contribution >= 4 is 11.5 Å². The molecule has 0 radical (unpaired) electrons. The minimum Gasteiger partial charge on any atom is -0.433 e. The molecule has 6 nitrogen and oxygen atoms in total. The van der Waals surface area contributed by atoms with Gasteiger partial charge in [0.2, 0.25) is 0 Å². The van der Waals surface area contributed by atoms with Crippen molar-refractivity contribution in [3.05, 3.63) is 52.1 Å². The Bertz CT molecular complexity index is 629. The van der Waals surface area contributed by atoms with Crippen molar-refractivity contribution in [2.45, 2.75) is 13.3 Å². The average molecular weight is 273 g/mol.